The van der Waals surface area contributed by atoms with Crippen LogP contribution in [0.2, 0.25) is 0 Å². The van der Waals surface area contributed by atoms with Crippen molar-refractivity contribution >= 4 is 23.1 Å². The van der Waals surface area contributed by atoms with E-state index in [0.717, 1.165) is 26.3 Å². The smallest absolute Gasteiger partial charge is 0.285 e. The number of hydrogen-bond donors (Lipinski definition) is 1. The maximum atomic E-state index is 12.9. The summed E-state index contributed by atoms with van der Waals surface area (Å²) in [5.41, 5.74) is 2.57. The van der Waals surface area contributed by atoms with Crippen LogP contribution in [0.25, 0.3) is 5.69 Å². The second-order valence-corrected chi connectivity index (χ2v) is 8.51. The van der Waals surface area contributed by atoms with Crippen LogP contribution in [0.3, 0.4) is 0 Å². The van der Waals surface area contributed by atoms with E-state index < -0.39 is 0 Å². The Labute approximate surface area is 143 Å². The normalized spacial score (nSPS) is 11.8. The SMILES string of the molecule is Cc1csc(Sc2c(C(C)(C)C)[nH]n(-c3ccccc3)c2=O)n1. The zero-order valence-electron chi connectivity index (χ0n) is 13.6. The van der Waals surface area contributed by atoms with E-state index in [1.54, 1.807) is 16.0 Å². The zero-order chi connectivity index (χ0) is 16.6. The predicted octanol–water partition coefficient (Wildman–Crippen LogP) is 4.38. The van der Waals surface area contributed by atoms with Crippen LogP contribution in [0.5, 0.6) is 0 Å². The van der Waals surface area contributed by atoms with Gasteiger partial charge in [-0.1, -0.05) is 50.7 Å². The van der Waals surface area contributed by atoms with Gasteiger partial charge in [0.25, 0.3) is 5.56 Å². The number of nitrogens with zero attached hydrogens (tertiary/aromatic N) is 2. The lowest BCUT2D eigenvalue weighted by molar-refractivity contribution is 0.551. The van der Waals surface area contributed by atoms with Crippen molar-refractivity contribution < 1.29 is 0 Å². The summed E-state index contributed by atoms with van der Waals surface area (Å²) in [7, 11) is 0. The minimum Gasteiger partial charge on any atom is -0.293 e. The van der Waals surface area contributed by atoms with Gasteiger partial charge >= 0.3 is 0 Å². The number of rotatable bonds is 3. The molecule has 0 atom stereocenters. The van der Waals surface area contributed by atoms with E-state index in [0.29, 0.717) is 0 Å². The van der Waals surface area contributed by atoms with E-state index in [9.17, 15) is 4.79 Å². The molecule has 23 heavy (non-hydrogen) atoms. The highest BCUT2D eigenvalue weighted by Gasteiger charge is 2.26. The van der Waals surface area contributed by atoms with Gasteiger partial charge in [-0.2, -0.15) is 0 Å². The highest BCUT2D eigenvalue weighted by atomic mass is 32.2. The van der Waals surface area contributed by atoms with Crippen molar-refractivity contribution in [1.82, 2.24) is 14.8 Å². The second-order valence-electron chi connectivity index (χ2n) is 6.40. The Bertz CT molecular complexity index is 869. The van der Waals surface area contributed by atoms with Gasteiger partial charge in [-0.25, -0.2) is 9.67 Å². The van der Waals surface area contributed by atoms with Gasteiger partial charge in [0.05, 0.1) is 11.4 Å². The molecule has 6 heteroatoms. The summed E-state index contributed by atoms with van der Waals surface area (Å²) in [6.07, 6.45) is 0. The molecule has 3 aromatic rings. The molecular weight excluding hydrogens is 326 g/mol. The molecule has 120 valence electrons. The number of benzene rings is 1. The Morgan fingerprint density at radius 1 is 1.22 bits per heavy atom. The van der Waals surface area contributed by atoms with E-state index in [1.165, 1.54) is 11.8 Å². The minimum atomic E-state index is -0.159. The van der Waals surface area contributed by atoms with Crippen LogP contribution in [0.15, 0.2) is 49.7 Å². The van der Waals surface area contributed by atoms with Crippen LogP contribution in [0.1, 0.15) is 32.2 Å². The van der Waals surface area contributed by atoms with Crippen molar-refractivity contribution in [3.63, 3.8) is 0 Å². The Hall–Kier alpha value is -1.79. The van der Waals surface area contributed by atoms with Gasteiger partial charge < -0.3 is 0 Å². The first kappa shape index (κ1) is 16.1. The highest BCUT2D eigenvalue weighted by molar-refractivity contribution is 8.01. The van der Waals surface area contributed by atoms with Crippen molar-refractivity contribution in [3.05, 3.63) is 57.5 Å². The van der Waals surface area contributed by atoms with E-state index in [-0.39, 0.29) is 11.0 Å². The molecule has 0 aliphatic heterocycles. The summed E-state index contributed by atoms with van der Waals surface area (Å²) in [4.78, 5) is 18.1. The third kappa shape index (κ3) is 3.28. The Morgan fingerprint density at radius 3 is 2.48 bits per heavy atom. The fraction of sp³-hybridized carbons (Fsp3) is 0.294. The molecular formula is C17H19N3OS2. The second kappa shape index (κ2) is 6.02. The van der Waals surface area contributed by atoms with Gasteiger partial charge in [0, 0.05) is 16.5 Å². The molecule has 2 heterocycles. The zero-order valence-corrected chi connectivity index (χ0v) is 15.2. The molecule has 0 aliphatic carbocycles. The molecule has 0 bridgehead atoms. The van der Waals surface area contributed by atoms with E-state index in [2.05, 4.69) is 30.9 Å². The summed E-state index contributed by atoms with van der Waals surface area (Å²) < 4.78 is 2.51. The number of para-hydroxylation sites is 1. The molecule has 0 aliphatic rings. The number of H-pyrrole nitrogens is 1. The maximum Gasteiger partial charge on any atom is 0.285 e. The third-order valence-corrected chi connectivity index (χ3v) is 5.54. The van der Waals surface area contributed by atoms with Crippen LogP contribution in [-0.4, -0.2) is 14.8 Å². The molecule has 1 aromatic carbocycles. The van der Waals surface area contributed by atoms with Gasteiger partial charge in [0.15, 0.2) is 4.34 Å². The van der Waals surface area contributed by atoms with E-state index in [1.807, 2.05) is 42.6 Å². The summed E-state index contributed by atoms with van der Waals surface area (Å²) in [6.45, 7) is 8.27. The first-order chi connectivity index (χ1) is 10.9. The molecule has 0 saturated heterocycles. The average molecular weight is 345 g/mol. The number of nitrogens with one attached hydrogen (secondary N) is 1. The third-order valence-electron chi connectivity index (χ3n) is 3.40. The van der Waals surface area contributed by atoms with E-state index in [4.69, 9.17) is 0 Å². The lowest BCUT2D eigenvalue weighted by atomic mass is 9.92. The van der Waals surface area contributed by atoms with E-state index >= 15 is 0 Å². The molecule has 0 saturated carbocycles. The summed E-state index contributed by atoms with van der Waals surface area (Å²) in [6, 6.07) is 9.64. The minimum absolute atomic E-state index is 0.0287. The van der Waals surface area contributed by atoms with Crippen LogP contribution in [-0.2, 0) is 5.41 Å². The van der Waals surface area contributed by atoms with Crippen LogP contribution in [0.4, 0.5) is 0 Å². The molecule has 0 spiro atoms. The number of thiazole rings is 1. The molecule has 3 rings (SSSR count). The van der Waals surface area contributed by atoms with Crippen LogP contribution < -0.4 is 5.56 Å². The Morgan fingerprint density at radius 2 is 1.91 bits per heavy atom. The van der Waals surface area contributed by atoms with Gasteiger partial charge in [0.1, 0.15) is 4.90 Å². The summed E-state index contributed by atoms with van der Waals surface area (Å²) >= 11 is 3.01. The highest BCUT2D eigenvalue weighted by Crippen LogP contribution is 2.35. The molecule has 1 N–H and O–H groups in total. The fourth-order valence-corrected chi connectivity index (χ4v) is 4.35. The monoisotopic (exact) mass is 345 g/mol. The van der Waals surface area contributed by atoms with Crippen molar-refractivity contribution in [2.24, 2.45) is 0 Å². The number of hydrogen-bond acceptors (Lipinski definition) is 4. The van der Waals surface area contributed by atoms with Crippen molar-refractivity contribution in [1.29, 1.82) is 0 Å². The van der Waals surface area contributed by atoms with Crippen molar-refractivity contribution in [2.45, 2.75) is 42.3 Å². The molecule has 0 amide bonds. The molecule has 2 aromatic heterocycles. The van der Waals surface area contributed by atoms with Gasteiger partial charge in [0.2, 0.25) is 0 Å². The quantitative estimate of drug-likeness (QED) is 0.766. The molecule has 4 nitrogen and oxygen atoms in total. The van der Waals surface area contributed by atoms with Gasteiger partial charge in [-0.3, -0.25) is 9.89 Å². The average Bonchev–Trinajstić information content (AvgIpc) is 3.05. The van der Waals surface area contributed by atoms with Crippen LogP contribution >= 0.6 is 23.1 Å². The van der Waals surface area contributed by atoms with Crippen molar-refractivity contribution in [2.75, 3.05) is 0 Å². The summed E-state index contributed by atoms with van der Waals surface area (Å²) in [5, 5.41) is 5.30. The van der Waals surface area contributed by atoms with Gasteiger partial charge in [-0.15, -0.1) is 11.3 Å². The Balaban J connectivity index is 2.13. The largest absolute Gasteiger partial charge is 0.293 e. The number of aromatic amines is 1. The standard InChI is InChI=1S/C17H19N3OS2/c1-11-10-22-16(18-11)23-13-14(17(2,3)4)19-20(15(13)21)12-8-6-5-7-9-12/h5-10,19H,1-4H3. The molecule has 0 fully saturated rings. The topological polar surface area (TPSA) is 50.7 Å². The number of aromatic nitrogens is 3. The first-order valence-corrected chi connectivity index (χ1v) is 9.07. The Kier molecular flexibility index (Phi) is 4.21. The first-order valence-electron chi connectivity index (χ1n) is 7.37. The fourth-order valence-electron chi connectivity index (χ4n) is 2.25. The molecule has 0 unspecified atom stereocenters. The van der Waals surface area contributed by atoms with Gasteiger partial charge in [-0.05, 0) is 19.1 Å². The predicted molar refractivity (Wildman–Crippen MR) is 96.1 cm³/mol. The lowest BCUT2D eigenvalue weighted by Crippen LogP contribution is -2.15. The van der Waals surface area contributed by atoms with Crippen molar-refractivity contribution in [3.8, 4) is 5.69 Å². The lowest BCUT2D eigenvalue weighted by Gasteiger charge is -2.17. The number of aryl methyl sites for hydroxylation is 1. The summed E-state index contributed by atoms with van der Waals surface area (Å²) in [5.74, 6) is 0. The maximum absolute atomic E-state index is 12.9. The van der Waals surface area contributed by atoms with Crippen LogP contribution in [0, 0.1) is 6.92 Å². The molecule has 0 radical (unpaired) electrons.